The molecule has 2 rings (SSSR count). The SMILES string of the molecule is COC(=O)[C@](C)(Cc1ccc2c(c1)=NC(=S)N=2)NC=O. The van der Waals surface area contributed by atoms with Crippen molar-refractivity contribution in [2.24, 2.45) is 9.98 Å². The lowest BCUT2D eigenvalue weighted by Crippen LogP contribution is -2.51. The third-order valence-electron chi connectivity index (χ3n) is 3.04. The van der Waals surface area contributed by atoms with E-state index in [9.17, 15) is 9.59 Å². The molecule has 1 N–H and O–H groups in total. The van der Waals surface area contributed by atoms with Gasteiger partial charge in [-0.05, 0) is 36.8 Å². The van der Waals surface area contributed by atoms with Gasteiger partial charge in [0.25, 0.3) is 0 Å². The monoisotopic (exact) mass is 291 g/mol. The van der Waals surface area contributed by atoms with Gasteiger partial charge in [0, 0.05) is 6.42 Å². The number of nitrogens with one attached hydrogen (secondary N) is 1. The standard InChI is InChI=1S/C13H13N3O3S/c1-13(14-7-17,11(18)19-2)6-8-3-4-9-10(5-8)16-12(20)15-9/h3-5,7H,6H2,1-2H3,(H,14,17)/t13-/m0/s1. The number of benzene rings is 1. The summed E-state index contributed by atoms with van der Waals surface area (Å²) in [5.41, 5.74) is -0.296. The minimum Gasteiger partial charge on any atom is -0.467 e. The number of carbonyl (C=O) groups is 2. The van der Waals surface area contributed by atoms with E-state index in [1.54, 1.807) is 19.1 Å². The Kier molecular flexibility index (Phi) is 3.89. The van der Waals surface area contributed by atoms with Gasteiger partial charge in [0.1, 0.15) is 5.54 Å². The van der Waals surface area contributed by atoms with Crippen LogP contribution in [0.25, 0.3) is 0 Å². The number of methoxy groups -OCH3 is 1. The number of amides is 1. The number of hydrogen-bond acceptors (Lipinski definition) is 4. The molecule has 7 heteroatoms. The number of ether oxygens (including phenoxy) is 1. The molecule has 1 amide bonds. The zero-order valence-electron chi connectivity index (χ0n) is 11.0. The van der Waals surface area contributed by atoms with Crippen molar-refractivity contribution >= 4 is 29.7 Å². The van der Waals surface area contributed by atoms with E-state index in [2.05, 4.69) is 15.3 Å². The van der Waals surface area contributed by atoms with Gasteiger partial charge in [-0.1, -0.05) is 6.07 Å². The Balaban J connectivity index is 2.34. The summed E-state index contributed by atoms with van der Waals surface area (Å²) in [6, 6.07) is 5.40. The Bertz CT molecular complexity index is 701. The van der Waals surface area contributed by atoms with E-state index in [1.165, 1.54) is 7.11 Å². The van der Waals surface area contributed by atoms with Crippen LogP contribution in [0, 0.1) is 0 Å². The summed E-state index contributed by atoms with van der Waals surface area (Å²) in [5.74, 6) is -0.512. The number of thiocarbonyl (C=S) groups is 1. The molecule has 1 aromatic rings. The number of carbonyl (C=O) groups excluding carboxylic acids is 2. The molecule has 0 saturated carbocycles. The number of fused-ring (bicyclic) bond motifs is 1. The molecule has 1 aliphatic rings. The van der Waals surface area contributed by atoms with Crippen LogP contribution in [-0.2, 0) is 20.7 Å². The third kappa shape index (κ3) is 2.72. The summed E-state index contributed by atoms with van der Waals surface area (Å²) in [6.07, 6.45) is 0.771. The van der Waals surface area contributed by atoms with E-state index in [-0.39, 0.29) is 6.42 Å². The second-order valence-electron chi connectivity index (χ2n) is 4.59. The first-order valence-electron chi connectivity index (χ1n) is 5.88. The van der Waals surface area contributed by atoms with Crippen LogP contribution in [0.1, 0.15) is 12.5 Å². The van der Waals surface area contributed by atoms with Crippen LogP contribution >= 0.6 is 12.2 Å². The second-order valence-corrected chi connectivity index (χ2v) is 4.96. The molecule has 0 radical (unpaired) electrons. The van der Waals surface area contributed by atoms with E-state index < -0.39 is 11.5 Å². The molecule has 1 aliphatic heterocycles. The van der Waals surface area contributed by atoms with E-state index in [0.717, 1.165) is 5.56 Å². The first-order chi connectivity index (χ1) is 9.48. The molecule has 0 spiro atoms. The van der Waals surface area contributed by atoms with Crippen molar-refractivity contribution < 1.29 is 14.3 Å². The summed E-state index contributed by atoms with van der Waals surface area (Å²) in [7, 11) is 1.28. The van der Waals surface area contributed by atoms with Crippen molar-refractivity contribution in [3.05, 3.63) is 34.5 Å². The van der Waals surface area contributed by atoms with Gasteiger partial charge in [0.05, 0.1) is 17.8 Å². The zero-order valence-corrected chi connectivity index (χ0v) is 11.9. The van der Waals surface area contributed by atoms with E-state index in [4.69, 9.17) is 17.0 Å². The van der Waals surface area contributed by atoms with Crippen molar-refractivity contribution in [1.29, 1.82) is 0 Å². The lowest BCUT2D eigenvalue weighted by molar-refractivity contribution is -0.148. The molecule has 1 aromatic carbocycles. The van der Waals surface area contributed by atoms with Crippen molar-refractivity contribution in [2.45, 2.75) is 18.9 Å². The van der Waals surface area contributed by atoms with Crippen molar-refractivity contribution in [2.75, 3.05) is 7.11 Å². The fraction of sp³-hybridized carbons (Fsp3) is 0.308. The molecule has 20 heavy (non-hydrogen) atoms. The van der Waals surface area contributed by atoms with Gasteiger partial charge in [-0.2, -0.15) is 0 Å². The summed E-state index contributed by atoms with van der Waals surface area (Å²) in [5, 5.41) is 4.17. The van der Waals surface area contributed by atoms with Crippen LogP contribution in [-0.4, -0.2) is 30.1 Å². The van der Waals surface area contributed by atoms with Crippen molar-refractivity contribution in [3.63, 3.8) is 0 Å². The molecule has 0 bridgehead atoms. The average molecular weight is 291 g/mol. The minimum absolute atomic E-state index is 0.286. The molecule has 0 unspecified atom stereocenters. The van der Waals surface area contributed by atoms with Crippen LogP contribution < -0.4 is 16.0 Å². The van der Waals surface area contributed by atoms with Gasteiger partial charge in [-0.25, -0.2) is 14.8 Å². The van der Waals surface area contributed by atoms with Crippen LogP contribution in [0.15, 0.2) is 28.2 Å². The highest BCUT2D eigenvalue weighted by Crippen LogP contribution is 2.13. The molecule has 104 valence electrons. The Morgan fingerprint density at radius 1 is 1.45 bits per heavy atom. The van der Waals surface area contributed by atoms with Gasteiger partial charge < -0.3 is 10.1 Å². The van der Waals surface area contributed by atoms with E-state index >= 15 is 0 Å². The predicted molar refractivity (Wildman–Crippen MR) is 74.7 cm³/mol. The normalized spacial score (nSPS) is 15.4. The first kappa shape index (κ1) is 14.3. The molecule has 1 atom stereocenters. The minimum atomic E-state index is -1.12. The predicted octanol–water partition coefficient (Wildman–Crippen LogP) is -0.556. The largest absolute Gasteiger partial charge is 0.467 e. The molecule has 0 fully saturated rings. The maximum Gasteiger partial charge on any atom is 0.331 e. The highest BCUT2D eigenvalue weighted by atomic mass is 32.1. The Hall–Kier alpha value is -2.15. The maximum absolute atomic E-state index is 11.8. The first-order valence-corrected chi connectivity index (χ1v) is 6.29. The molecule has 1 heterocycles. The van der Waals surface area contributed by atoms with Gasteiger partial charge in [0.15, 0.2) is 0 Å². The topological polar surface area (TPSA) is 80.1 Å². The zero-order chi connectivity index (χ0) is 14.8. The van der Waals surface area contributed by atoms with E-state index in [1.807, 2.05) is 6.07 Å². The second kappa shape index (κ2) is 5.46. The smallest absolute Gasteiger partial charge is 0.331 e. The quantitative estimate of drug-likeness (QED) is 0.448. The highest BCUT2D eigenvalue weighted by molar-refractivity contribution is 7.80. The number of hydrogen-bond donors (Lipinski definition) is 1. The summed E-state index contributed by atoms with van der Waals surface area (Å²) < 4.78 is 4.73. The molecule has 0 aliphatic carbocycles. The Labute approximate surface area is 120 Å². The van der Waals surface area contributed by atoms with Crippen molar-refractivity contribution in [1.82, 2.24) is 5.32 Å². The number of esters is 1. The lowest BCUT2D eigenvalue weighted by Gasteiger charge is -2.25. The van der Waals surface area contributed by atoms with E-state index in [0.29, 0.717) is 22.2 Å². The van der Waals surface area contributed by atoms with Crippen LogP contribution in [0.4, 0.5) is 0 Å². The fourth-order valence-electron chi connectivity index (χ4n) is 2.04. The molecule has 0 saturated heterocycles. The number of rotatable bonds is 5. The summed E-state index contributed by atoms with van der Waals surface area (Å²) in [6.45, 7) is 1.60. The number of nitrogens with zero attached hydrogens (tertiary/aromatic N) is 2. The maximum atomic E-state index is 11.8. The Morgan fingerprint density at radius 3 is 2.80 bits per heavy atom. The third-order valence-corrected chi connectivity index (χ3v) is 3.23. The van der Waals surface area contributed by atoms with Gasteiger partial charge in [-0.15, -0.1) is 0 Å². The molecular formula is C13H13N3O3S. The highest BCUT2D eigenvalue weighted by Gasteiger charge is 2.34. The van der Waals surface area contributed by atoms with Gasteiger partial charge in [-0.3, -0.25) is 4.79 Å². The summed E-state index contributed by atoms with van der Waals surface area (Å²) in [4.78, 5) is 30.7. The van der Waals surface area contributed by atoms with Crippen LogP contribution in [0.2, 0.25) is 0 Å². The summed E-state index contributed by atoms with van der Waals surface area (Å²) >= 11 is 4.91. The molecule has 6 nitrogen and oxygen atoms in total. The molecule has 0 aromatic heterocycles. The van der Waals surface area contributed by atoms with Crippen LogP contribution in [0.5, 0.6) is 0 Å². The Morgan fingerprint density at radius 2 is 2.15 bits per heavy atom. The average Bonchev–Trinajstić information content (AvgIpc) is 2.77. The van der Waals surface area contributed by atoms with Gasteiger partial charge >= 0.3 is 5.97 Å². The fourth-order valence-corrected chi connectivity index (χ4v) is 2.24. The van der Waals surface area contributed by atoms with Gasteiger partial charge in [0.2, 0.25) is 11.5 Å². The lowest BCUT2D eigenvalue weighted by atomic mass is 9.93. The molecular weight excluding hydrogens is 278 g/mol. The van der Waals surface area contributed by atoms with Crippen LogP contribution in [0.3, 0.4) is 0 Å². The van der Waals surface area contributed by atoms with Crippen molar-refractivity contribution in [3.8, 4) is 0 Å².